The Kier molecular flexibility index (Phi) is 4.87. The number of para-hydroxylation sites is 1. The van der Waals surface area contributed by atoms with E-state index in [-0.39, 0.29) is 24.4 Å². The van der Waals surface area contributed by atoms with Crippen LogP contribution in [0.15, 0.2) is 30.6 Å². The largest absolute Gasteiger partial charge is 0.477 e. The number of fused-ring (bicyclic) bond motifs is 1. The Morgan fingerprint density at radius 2 is 2.27 bits per heavy atom. The van der Waals surface area contributed by atoms with Crippen LogP contribution in [0.1, 0.15) is 41.9 Å². The molecule has 10 heteroatoms. The topological polar surface area (TPSA) is 150 Å². The molecule has 3 aromatic rings. The molecular weight excluding hydrogens is 424 g/mol. The van der Waals surface area contributed by atoms with Gasteiger partial charge in [0.25, 0.3) is 0 Å². The molecule has 4 N–H and O–H groups in total. The van der Waals surface area contributed by atoms with Crippen LogP contribution in [0.25, 0.3) is 22.0 Å². The number of amides is 1. The number of carbonyl (C=O) groups is 2. The molecule has 2 aromatic heterocycles. The summed E-state index contributed by atoms with van der Waals surface area (Å²) in [6.45, 7) is 3.05. The average Bonchev–Trinajstić information content (AvgIpc) is 3.47. The molecule has 5 rings (SSSR count). The highest BCUT2D eigenvalue weighted by atomic mass is 16.6. The highest BCUT2D eigenvalue weighted by Crippen LogP contribution is 2.47. The van der Waals surface area contributed by atoms with Gasteiger partial charge in [-0.05, 0) is 37.8 Å². The maximum atomic E-state index is 12.7. The average molecular weight is 448 g/mol. The number of ether oxygens (including phenoxy) is 1. The smallest absolute Gasteiger partial charge is 0.411 e. The van der Waals surface area contributed by atoms with E-state index in [1.54, 1.807) is 17.3 Å². The van der Waals surface area contributed by atoms with Crippen LogP contribution >= 0.6 is 0 Å². The number of carbonyl (C=O) groups excluding carboxylic acids is 1. The number of hydrogen-bond donors (Lipinski definition) is 3. The summed E-state index contributed by atoms with van der Waals surface area (Å²) in [5.41, 5.74) is 7.86. The second-order valence-corrected chi connectivity index (χ2v) is 8.90. The summed E-state index contributed by atoms with van der Waals surface area (Å²) in [6.07, 6.45) is 4.38. The third-order valence-electron chi connectivity index (χ3n) is 6.80. The van der Waals surface area contributed by atoms with E-state index in [1.165, 1.54) is 4.68 Å². The maximum absolute atomic E-state index is 12.7. The zero-order valence-corrected chi connectivity index (χ0v) is 18.1. The number of nitrogens with one attached hydrogen (secondary N) is 1. The van der Waals surface area contributed by atoms with Crippen molar-refractivity contribution in [3.8, 4) is 17.2 Å². The quantitative estimate of drug-likeness (QED) is 0.524. The van der Waals surface area contributed by atoms with Crippen molar-refractivity contribution in [3.05, 3.63) is 41.9 Å². The Bertz CT molecular complexity index is 1300. The maximum Gasteiger partial charge on any atom is 0.411 e. The number of aromatic amines is 1. The first-order valence-electron chi connectivity index (χ1n) is 10.8. The van der Waals surface area contributed by atoms with E-state index in [1.807, 2.05) is 31.2 Å². The summed E-state index contributed by atoms with van der Waals surface area (Å²) in [5.74, 6) is -0.725. The van der Waals surface area contributed by atoms with Crippen LogP contribution in [0.3, 0.4) is 0 Å². The van der Waals surface area contributed by atoms with Crippen LogP contribution in [-0.2, 0) is 11.3 Å². The number of nitrogens with two attached hydrogens (primary N) is 1. The van der Waals surface area contributed by atoms with Gasteiger partial charge >= 0.3 is 12.1 Å². The number of rotatable bonds is 6. The summed E-state index contributed by atoms with van der Waals surface area (Å²) in [4.78, 5) is 29.6. The Hall–Kier alpha value is -3.84. The van der Waals surface area contributed by atoms with Gasteiger partial charge in [-0.1, -0.05) is 18.2 Å². The van der Waals surface area contributed by atoms with Crippen molar-refractivity contribution in [2.24, 2.45) is 11.7 Å². The highest BCUT2D eigenvalue weighted by Gasteiger charge is 2.54. The zero-order chi connectivity index (χ0) is 23.3. The second kappa shape index (κ2) is 7.64. The standard InChI is InChI=1S/C23H24N6O4/c1-13(29-12-23(33-22(29)32)7-14(8-23)9-25)16-3-2-4-17-18(20(21(30)31)27-19(16)17)15-10-26-28(11-15)6-5-24/h2-4,10-11,13-14,27H,6-9,12,25H2,1H3,(H,30,31)/t13-,14?,23?/m0/s1. The lowest BCUT2D eigenvalue weighted by molar-refractivity contribution is -0.0439. The van der Waals surface area contributed by atoms with Crippen LogP contribution in [0.2, 0.25) is 0 Å². The molecule has 170 valence electrons. The van der Waals surface area contributed by atoms with Crippen LogP contribution in [-0.4, -0.2) is 55.5 Å². The summed E-state index contributed by atoms with van der Waals surface area (Å²) >= 11 is 0. The zero-order valence-electron chi connectivity index (χ0n) is 18.1. The van der Waals surface area contributed by atoms with Gasteiger partial charge in [0.05, 0.1) is 30.4 Å². The van der Waals surface area contributed by atoms with E-state index in [4.69, 9.17) is 15.7 Å². The van der Waals surface area contributed by atoms with Crippen molar-refractivity contribution in [1.82, 2.24) is 19.7 Å². The monoisotopic (exact) mass is 448 g/mol. The molecule has 1 aromatic carbocycles. The molecule has 1 saturated carbocycles. The predicted molar refractivity (Wildman–Crippen MR) is 118 cm³/mol. The van der Waals surface area contributed by atoms with Gasteiger partial charge in [0.15, 0.2) is 0 Å². The molecule has 1 atom stereocenters. The van der Waals surface area contributed by atoms with Gasteiger partial charge < -0.3 is 20.6 Å². The van der Waals surface area contributed by atoms with Gasteiger partial charge in [0.2, 0.25) is 0 Å². The van der Waals surface area contributed by atoms with Crippen molar-refractivity contribution in [3.63, 3.8) is 0 Å². The number of hydrogen-bond acceptors (Lipinski definition) is 6. The molecule has 1 spiro atoms. The molecule has 2 fully saturated rings. The van der Waals surface area contributed by atoms with E-state index in [2.05, 4.69) is 10.1 Å². The molecule has 3 heterocycles. The fourth-order valence-corrected chi connectivity index (χ4v) is 5.19. The van der Waals surface area contributed by atoms with Crippen molar-refractivity contribution in [2.45, 2.75) is 38.0 Å². The van der Waals surface area contributed by atoms with Crippen LogP contribution in [0.4, 0.5) is 4.79 Å². The van der Waals surface area contributed by atoms with Gasteiger partial charge in [-0.3, -0.25) is 9.58 Å². The van der Waals surface area contributed by atoms with Crippen LogP contribution < -0.4 is 5.73 Å². The first-order valence-corrected chi connectivity index (χ1v) is 10.8. The Balaban J connectivity index is 1.54. The number of carboxylic acids is 1. The lowest BCUT2D eigenvalue weighted by Crippen LogP contribution is -2.49. The molecular formula is C23H24N6O4. The molecule has 0 unspecified atom stereocenters. The number of benzene rings is 1. The van der Waals surface area contributed by atoms with Crippen LogP contribution in [0, 0.1) is 17.2 Å². The second-order valence-electron chi connectivity index (χ2n) is 8.90. The molecule has 10 nitrogen and oxygen atoms in total. The van der Waals surface area contributed by atoms with Gasteiger partial charge in [-0.25, -0.2) is 9.59 Å². The number of aromatic nitrogens is 3. The lowest BCUT2D eigenvalue weighted by Gasteiger charge is -2.42. The first-order chi connectivity index (χ1) is 15.9. The van der Waals surface area contributed by atoms with E-state index in [0.29, 0.717) is 41.0 Å². The first kappa shape index (κ1) is 21.0. The Labute approximate surface area is 189 Å². The number of nitrogens with zero attached hydrogens (tertiary/aromatic N) is 4. The van der Waals surface area contributed by atoms with Gasteiger partial charge in [-0.15, -0.1) is 0 Å². The minimum Gasteiger partial charge on any atom is -0.477 e. The highest BCUT2D eigenvalue weighted by molar-refractivity contribution is 6.08. The number of carboxylic acid groups (broad SMARTS) is 1. The predicted octanol–water partition coefficient (Wildman–Crippen LogP) is 2.87. The van der Waals surface area contributed by atoms with Gasteiger partial charge in [-0.2, -0.15) is 10.4 Å². The van der Waals surface area contributed by atoms with Crippen molar-refractivity contribution < 1.29 is 19.4 Å². The molecule has 0 radical (unpaired) electrons. The minimum absolute atomic E-state index is 0.0337. The fraction of sp³-hybridized carbons (Fsp3) is 0.391. The Morgan fingerprint density at radius 1 is 1.48 bits per heavy atom. The number of nitriles is 1. The van der Waals surface area contributed by atoms with E-state index >= 15 is 0 Å². The summed E-state index contributed by atoms with van der Waals surface area (Å²) in [7, 11) is 0. The summed E-state index contributed by atoms with van der Waals surface area (Å²) < 4.78 is 7.19. The fourth-order valence-electron chi connectivity index (χ4n) is 5.19. The number of H-pyrrole nitrogens is 1. The van der Waals surface area contributed by atoms with E-state index in [0.717, 1.165) is 18.4 Å². The van der Waals surface area contributed by atoms with Crippen molar-refractivity contribution >= 4 is 23.0 Å². The summed E-state index contributed by atoms with van der Waals surface area (Å²) in [6, 6.07) is 7.27. The third kappa shape index (κ3) is 3.32. The lowest BCUT2D eigenvalue weighted by atomic mass is 9.71. The van der Waals surface area contributed by atoms with E-state index in [9.17, 15) is 14.7 Å². The molecule has 1 aliphatic carbocycles. The molecule has 1 amide bonds. The summed E-state index contributed by atoms with van der Waals surface area (Å²) in [5, 5.41) is 23.7. The van der Waals surface area contributed by atoms with Crippen molar-refractivity contribution in [1.29, 1.82) is 5.26 Å². The Morgan fingerprint density at radius 3 is 2.97 bits per heavy atom. The third-order valence-corrected chi connectivity index (χ3v) is 6.80. The molecule has 33 heavy (non-hydrogen) atoms. The van der Waals surface area contributed by atoms with Crippen molar-refractivity contribution in [2.75, 3.05) is 13.1 Å². The SMILES string of the molecule is C[C@@H](c1cccc2c(-c3cnn(CC#N)c3)c(C(=O)O)[nH]c12)N1CC2(CC(CN)C2)OC1=O. The molecule has 2 aliphatic rings. The molecule has 1 saturated heterocycles. The van der Waals surface area contributed by atoms with E-state index < -0.39 is 11.6 Å². The molecule has 0 bridgehead atoms. The normalized spacial score (nSPS) is 22.9. The van der Waals surface area contributed by atoms with Crippen LogP contribution in [0.5, 0.6) is 0 Å². The number of aromatic carboxylic acids is 1. The van der Waals surface area contributed by atoms with Gasteiger partial charge in [0.1, 0.15) is 17.8 Å². The minimum atomic E-state index is -1.10. The van der Waals surface area contributed by atoms with Gasteiger partial charge in [0, 0.05) is 22.7 Å². The molecule has 1 aliphatic heterocycles.